The van der Waals surface area contributed by atoms with Gasteiger partial charge in [0.05, 0.1) is 5.75 Å². The summed E-state index contributed by atoms with van der Waals surface area (Å²) in [5.41, 5.74) is 0.214. The summed E-state index contributed by atoms with van der Waals surface area (Å²) < 4.78 is 47.7. The number of hydrogen-bond acceptors (Lipinski definition) is 3. The molecule has 0 saturated carbocycles. The van der Waals surface area contributed by atoms with Gasteiger partial charge in [0, 0.05) is 11.6 Å². The van der Waals surface area contributed by atoms with Gasteiger partial charge in [0.2, 0.25) is 10.0 Å². The Labute approximate surface area is 105 Å². The Kier molecular flexibility index (Phi) is 5.18. The fraction of sp³-hybridized carbons (Fsp3) is 0.455. The lowest BCUT2D eigenvalue weighted by molar-refractivity contribution is 0.516. The minimum absolute atomic E-state index is 0.141. The maximum Gasteiger partial charge on any atom is 0.209 e. The van der Waals surface area contributed by atoms with Crippen LogP contribution in [0.25, 0.3) is 0 Å². The fourth-order valence-electron chi connectivity index (χ4n) is 1.55. The van der Waals surface area contributed by atoms with Gasteiger partial charge in [0.25, 0.3) is 0 Å². The molecule has 102 valence electrons. The number of rotatable bonds is 6. The topological polar surface area (TPSA) is 72.2 Å². The van der Waals surface area contributed by atoms with Crippen molar-refractivity contribution in [2.75, 3.05) is 12.3 Å². The minimum atomic E-state index is -3.48. The smallest absolute Gasteiger partial charge is 0.209 e. The average molecular weight is 278 g/mol. The largest absolute Gasteiger partial charge is 0.310 e. The number of nitrogens with two attached hydrogens (primary N) is 1. The zero-order valence-electron chi connectivity index (χ0n) is 9.99. The molecule has 0 spiro atoms. The molecule has 7 heteroatoms. The molecule has 0 heterocycles. The summed E-state index contributed by atoms with van der Waals surface area (Å²) in [6.45, 7) is 2.03. The molecule has 0 fully saturated rings. The second-order valence-corrected chi connectivity index (χ2v) is 5.80. The molecule has 4 nitrogen and oxygen atoms in total. The van der Waals surface area contributed by atoms with Gasteiger partial charge < -0.3 is 5.32 Å². The molecule has 3 N–H and O–H groups in total. The van der Waals surface area contributed by atoms with Gasteiger partial charge in [0.1, 0.15) is 11.6 Å². The summed E-state index contributed by atoms with van der Waals surface area (Å²) in [6, 6.07) is 2.83. The third kappa shape index (κ3) is 5.07. The summed E-state index contributed by atoms with van der Waals surface area (Å²) in [6.07, 6.45) is 0.320. The quantitative estimate of drug-likeness (QED) is 0.770. The number of nitrogens with one attached hydrogen (secondary N) is 1. The molecule has 1 rings (SSSR count). The van der Waals surface area contributed by atoms with Crippen LogP contribution in [0.1, 0.15) is 24.9 Å². The second kappa shape index (κ2) is 6.21. The van der Waals surface area contributed by atoms with Crippen molar-refractivity contribution < 1.29 is 17.2 Å². The van der Waals surface area contributed by atoms with Crippen LogP contribution in [0.5, 0.6) is 0 Å². The molecule has 0 amide bonds. The van der Waals surface area contributed by atoms with E-state index in [2.05, 4.69) is 5.32 Å². The molecule has 1 aromatic carbocycles. The number of primary sulfonamides is 1. The Morgan fingerprint density at radius 2 is 2.06 bits per heavy atom. The predicted molar refractivity (Wildman–Crippen MR) is 65.4 cm³/mol. The zero-order chi connectivity index (χ0) is 13.8. The minimum Gasteiger partial charge on any atom is -0.310 e. The molecule has 0 saturated heterocycles. The van der Waals surface area contributed by atoms with Crippen molar-refractivity contribution in [2.45, 2.75) is 19.4 Å². The Morgan fingerprint density at radius 1 is 1.39 bits per heavy atom. The van der Waals surface area contributed by atoms with Crippen LogP contribution < -0.4 is 10.5 Å². The molecule has 1 atom stereocenters. The van der Waals surface area contributed by atoms with Crippen molar-refractivity contribution in [1.82, 2.24) is 5.32 Å². The van der Waals surface area contributed by atoms with Gasteiger partial charge in [-0.1, -0.05) is 0 Å². The monoisotopic (exact) mass is 278 g/mol. The summed E-state index contributed by atoms with van der Waals surface area (Å²) in [7, 11) is -3.48. The zero-order valence-corrected chi connectivity index (χ0v) is 10.8. The number of hydrogen-bond donors (Lipinski definition) is 2. The van der Waals surface area contributed by atoms with Crippen LogP contribution in [-0.4, -0.2) is 20.7 Å². The Hall–Kier alpha value is -1.05. The molecule has 0 aliphatic carbocycles. The first kappa shape index (κ1) is 15.0. The van der Waals surface area contributed by atoms with Crippen molar-refractivity contribution in [2.24, 2.45) is 5.14 Å². The van der Waals surface area contributed by atoms with Gasteiger partial charge >= 0.3 is 0 Å². The molecule has 0 bridgehead atoms. The van der Waals surface area contributed by atoms with Gasteiger partial charge in [-0.3, -0.25) is 0 Å². The van der Waals surface area contributed by atoms with Crippen molar-refractivity contribution in [3.05, 3.63) is 35.4 Å². The predicted octanol–water partition coefficient (Wildman–Crippen LogP) is 1.29. The normalized spacial score (nSPS) is 13.6. The van der Waals surface area contributed by atoms with Crippen molar-refractivity contribution in [1.29, 1.82) is 0 Å². The van der Waals surface area contributed by atoms with Crippen LogP contribution in [0, 0.1) is 11.6 Å². The summed E-state index contributed by atoms with van der Waals surface area (Å²) in [4.78, 5) is 0. The maximum atomic E-state index is 13.4. The van der Waals surface area contributed by atoms with E-state index < -0.39 is 27.7 Å². The third-order valence-electron chi connectivity index (χ3n) is 2.48. The maximum absolute atomic E-state index is 13.4. The number of halogens is 2. The van der Waals surface area contributed by atoms with E-state index in [9.17, 15) is 17.2 Å². The Bertz CT molecular complexity index is 506. The Balaban J connectivity index is 2.50. The van der Waals surface area contributed by atoms with E-state index in [1.54, 1.807) is 6.92 Å². The first-order chi connectivity index (χ1) is 8.29. The van der Waals surface area contributed by atoms with E-state index in [1.807, 2.05) is 0 Å². The van der Waals surface area contributed by atoms with Crippen LogP contribution in [0.15, 0.2) is 18.2 Å². The highest BCUT2D eigenvalue weighted by molar-refractivity contribution is 7.89. The van der Waals surface area contributed by atoms with E-state index in [0.29, 0.717) is 13.0 Å². The van der Waals surface area contributed by atoms with E-state index in [4.69, 9.17) is 5.14 Å². The number of sulfonamides is 1. The lowest BCUT2D eigenvalue weighted by atomic mass is 10.1. The van der Waals surface area contributed by atoms with E-state index in [1.165, 1.54) is 0 Å². The Morgan fingerprint density at radius 3 is 2.67 bits per heavy atom. The SMILES string of the molecule is CC(NCCCS(N)(=O)=O)c1cc(F)ccc1F. The van der Waals surface area contributed by atoms with E-state index in [0.717, 1.165) is 18.2 Å². The molecule has 0 aromatic heterocycles. The van der Waals surface area contributed by atoms with Crippen LogP contribution >= 0.6 is 0 Å². The highest BCUT2D eigenvalue weighted by atomic mass is 32.2. The lowest BCUT2D eigenvalue weighted by Gasteiger charge is -2.14. The highest BCUT2D eigenvalue weighted by Crippen LogP contribution is 2.17. The summed E-state index contributed by atoms with van der Waals surface area (Å²) in [5.74, 6) is -1.15. The highest BCUT2D eigenvalue weighted by Gasteiger charge is 2.11. The van der Waals surface area contributed by atoms with Crippen molar-refractivity contribution in [3.63, 3.8) is 0 Å². The van der Waals surface area contributed by atoms with Gasteiger partial charge in [0.15, 0.2) is 0 Å². The van der Waals surface area contributed by atoms with Crippen LogP contribution in [-0.2, 0) is 10.0 Å². The molecule has 1 aromatic rings. The molecule has 1 unspecified atom stereocenters. The van der Waals surface area contributed by atoms with Crippen molar-refractivity contribution >= 4 is 10.0 Å². The second-order valence-electron chi connectivity index (χ2n) is 4.06. The molecule has 0 aliphatic heterocycles. The first-order valence-electron chi connectivity index (χ1n) is 5.48. The van der Waals surface area contributed by atoms with Crippen molar-refractivity contribution in [3.8, 4) is 0 Å². The van der Waals surface area contributed by atoms with Crippen LogP contribution in [0.3, 0.4) is 0 Å². The van der Waals surface area contributed by atoms with Gasteiger partial charge in [-0.2, -0.15) is 0 Å². The molecule has 0 radical (unpaired) electrons. The first-order valence-corrected chi connectivity index (χ1v) is 7.20. The summed E-state index contributed by atoms with van der Waals surface area (Å²) >= 11 is 0. The van der Waals surface area contributed by atoms with E-state index in [-0.39, 0.29) is 11.3 Å². The van der Waals surface area contributed by atoms with Crippen LogP contribution in [0.2, 0.25) is 0 Å². The average Bonchev–Trinajstić information content (AvgIpc) is 2.26. The fourth-order valence-corrected chi connectivity index (χ4v) is 2.10. The number of benzene rings is 1. The molecule has 18 heavy (non-hydrogen) atoms. The molecular weight excluding hydrogens is 262 g/mol. The standard InChI is InChI=1S/C11H16F2N2O2S/c1-8(15-5-2-6-18(14,16)17)10-7-9(12)3-4-11(10)13/h3-4,7-8,15H,2,5-6H2,1H3,(H2,14,16,17). The third-order valence-corrected chi connectivity index (χ3v) is 3.34. The van der Waals surface area contributed by atoms with Gasteiger partial charge in [-0.25, -0.2) is 22.3 Å². The lowest BCUT2D eigenvalue weighted by Crippen LogP contribution is -2.24. The summed E-state index contributed by atoms with van der Waals surface area (Å²) in [5, 5.41) is 7.76. The molecular formula is C11H16F2N2O2S. The van der Waals surface area contributed by atoms with E-state index >= 15 is 0 Å². The van der Waals surface area contributed by atoms with Crippen LogP contribution in [0.4, 0.5) is 8.78 Å². The van der Waals surface area contributed by atoms with Gasteiger partial charge in [-0.15, -0.1) is 0 Å². The van der Waals surface area contributed by atoms with Gasteiger partial charge in [-0.05, 0) is 38.1 Å². The molecule has 0 aliphatic rings.